The first-order chi connectivity index (χ1) is 8.82. The highest BCUT2D eigenvalue weighted by Gasteiger charge is 2.27. The molecule has 0 fully saturated rings. The minimum Gasteiger partial charge on any atom is -0.298 e. The van der Waals surface area contributed by atoms with Crippen LogP contribution in [0.1, 0.15) is 71.2 Å². The summed E-state index contributed by atoms with van der Waals surface area (Å²) in [6, 6.07) is -0.0378. The lowest BCUT2D eigenvalue weighted by Gasteiger charge is -2.18. The molecule has 5 nitrogen and oxygen atoms in total. The Labute approximate surface area is 119 Å². The Hall–Kier alpha value is -0.620. The van der Waals surface area contributed by atoms with Gasteiger partial charge < -0.3 is 0 Å². The van der Waals surface area contributed by atoms with Crippen LogP contribution in [-0.4, -0.2) is 23.2 Å². The summed E-state index contributed by atoms with van der Waals surface area (Å²) < 4.78 is 24.7. The van der Waals surface area contributed by atoms with Crippen molar-refractivity contribution in [3.05, 3.63) is 5.82 Å². The molecule has 1 aromatic heterocycles. The van der Waals surface area contributed by atoms with E-state index in [9.17, 15) is 8.42 Å². The van der Waals surface area contributed by atoms with Gasteiger partial charge in [0.25, 0.3) is 14.2 Å². The fourth-order valence-corrected chi connectivity index (χ4v) is 3.18. The number of halogens is 1. The van der Waals surface area contributed by atoms with E-state index >= 15 is 0 Å². The molecule has 110 valence electrons. The second-order valence-corrected chi connectivity index (χ2v) is 7.45. The monoisotopic (exact) mass is 307 g/mol. The maximum Gasteiger partial charge on any atom is 0.296 e. The minimum atomic E-state index is -3.86. The van der Waals surface area contributed by atoms with Gasteiger partial charge in [0.1, 0.15) is 5.82 Å². The summed E-state index contributed by atoms with van der Waals surface area (Å²) in [5.74, 6) is 0.951. The zero-order chi connectivity index (χ0) is 14.6. The lowest BCUT2D eigenvalue weighted by Crippen LogP contribution is -2.14. The van der Waals surface area contributed by atoms with E-state index in [1.807, 2.05) is 13.8 Å². The van der Waals surface area contributed by atoms with Gasteiger partial charge in [-0.25, -0.2) is 8.42 Å². The summed E-state index contributed by atoms with van der Waals surface area (Å²) in [4.78, 5) is 0. The van der Waals surface area contributed by atoms with Crippen LogP contribution in [0.2, 0.25) is 0 Å². The van der Waals surface area contributed by atoms with Gasteiger partial charge in [-0.2, -0.15) is 0 Å². The molecule has 1 unspecified atom stereocenters. The van der Waals surface area contributed by atoms with Gasteiger partial charge in [-0.15, -0.1) is 10.2 Å². The number of hydrogen-bond acceptors (Lipinski definition) is 4. The number of unbranched alkanes of at least 4 members (excludes halogenated alkanes) is 1. The van der Waals surface area contributed by atoms with E-state index in [-0.39, 0.29) is 17.1 Å². The molecule has 0 aliphatic rings. The van der Waals surface area contributed by atoms with E-state index in [0.29, 0.717) is 0 Å². The normalized spacial score (nSPS) is 14.0. The standard InChI is InChI=1S/C12H22ClN3O2S/c1-5-7-8-10(6-2)11-14-15-12(19(13,17)18)16(11)9(3)4/h9-10H,5-8H2,1-4H3. The molecule has 0 saturated heterocycles. The Balaban J connectivity index is 3.24. The van der Waals surface area contributed by atoms with E-state index in [1.54, 1.807) is 4.57 Å². The molecule has 0 N–H and O–H groups in total. The Morgan fingerprint density at radius 3 is 2.32 bits per heavy atom. The van der Waals surface area contributed by atoms with Gasteiger partial charge in [0.2, 0.25) is 0 Å². The average Bonchev–Trinajstić information content (AvgIpc) is 2.74. The Kier molecular flexibility index (Phi) is 5.80. The Morgan fingerprint density at radius 2 is 1.89 bits per heavy atom. The summed E-state index contributed by atoms with van der Waals surface area (Å²) >= 11 is 0. The number of nitrogens with zero attached hydrogens (tertiary/aromatic N) is 3. The number of aromatic nitrogens is 3. The van der Waals surface area contributed by atoms with Crippen molar-refractivity contribution in [3.63, 3.8) is 0 Å². The molecule has 1 atom stereocenters. The second kappa shape index (κ2) is 6.70. The summed E-state index contributed by atoms with van der Waals surface area (Å²) in [5.41, 5.74) is 0. The molecular weight excluding hydrogens is 286 g/mol. The topological polar surface area (TPSA) is 64.8 Å². The van der Waals surface area contributed by atoms with E-state index in [1.165, 1.54) is 0 Å². The first kappa shape index (κ1) is 16.4. The van der Waals surface area contributed by atoms with Gasteiger partial charge in [0.05, 0.1) is 0 Å². The average molecular weight is 308 g/mol. The van der Waals surface area contributed by atoms with Crippen LogP contribution in [0.15, 0.2) is 5.16 Å². The minimum absolute atomic E-state index is 0.0378. The van der Waals surface area contributed by atoms with Crippen molar-refractivity contribution < 1.29 is 8.42 Å². The summed E-state index contributed by atoms with van der Waals surface area (Å²) in [6.45, 7) is 8.03. The van der Waals surface area contributed by atoms with Crippen molar-refractivity contribution in [2.45, 2.75) is 70.5 Å². The highest BCUT2D eigenvalue weighted by molar-refractivity contribution is 8.13. The van der Waals surface area contributed by atoms with Gasteiger partial charge in [0.15, 0.2) is 0 Å². The van der Waals surface area contributed by atoms with Crippen molar-refractivity contribution in [2.75, 3.05) is 0 Å². The van der Waals surface area contributed by atoms with E-state index in [2.05, 4.69) is 24.0 Å². The zero-order valence-corrected chi connectivity index (χ0v) is 13.5. The lowest BCUT2D eigenvalue weighted by atomic mass is 9.98. The number of rotatable bonds is 7. The van der Waals surface area contributed by atoms with Crippen molar-refractivity contribution in [1.82, 2.24) is 14.8 Å². The van der Waals surface area contributed by atoms with Crippen LogP contribution in [0.4, 0.5) is 0 Å². The second-order valence-electron chi connectivity index (χ2n) is 4.99. The van der Waals surface area contributed by atoms with Gasteiger partial charge in [-0.3, -0.25) is 4.57 Å². The highest BCUT2D eigenvalue weighted by Crippen LogP contribution is 2.29. The SMILES string of the molecule is CCCCC(CC)c1nnc(S(=O)(=O)Cl)n1C(C)C. The van der Waals surface area contributed by atoms with E-state index in [0.717, 1.165) is 31.5 Å². The third-order valence-electron chi connectivity index (χ3n) is 3.19. The quantitative estimate of drug-likeness (QED) is 0.723. The molecule has 19 heavy (non-hydrogen) atoms. The van der Waals surface area contributed by atoms with Crippen molar-refractivity contribution in [1.29, 1.82) is 0 Å². The largest absolute Gasteiger partial charge is 0.298 e. The zero-order valence-electron chi connectivity index (χ0n) is 11.9. The lowest BCUT2D eigenvalue weighted by molar-refractivity contribution is 0.460. The van der Waals surface area contributed by atoms with Gasteiger partial charge in [-0.1, -0.05) is 26.7 Å². The molecule has 0 aromatic carbocycles. The van der Waals surface area contributed by atoms with Crippen LogP contribution in [0.3, 0.4) is 0 Å². The van der Waals surface area contributed by atoms with Gasteiger partial charge in [-0.05, 0) is 26.7 Å². The van der Waals surface area contributed by atoms with Crippen molar-refractivity contribution >= 4 is 19.7 Å². The van der Waals surface area contributed by atoms with Crippen LogP contribution in [-0.2, 0) is 9.05 Å². The molecule has 1 heterocycles. The third-order valence-corrected chi connectivity index (χ3v) is 4.32. The summed E-state index contributed by atoms with van der Waals surface area (Å²) in [6.07, 6.45) is 4.09. The molecule has 0 saturated carbocycles. The molecule has 7 heteroatoms. The molecule has 0 aliphatic carbocycles. The van der Waals surface area contributed by atoms with Crippen LogP contribution in [0.5, 0.6) is 0 Å². The van der Waals surface area contributed by atoms with E-state index in [4.69, 9.17) is 10.7 Å². The van der Waals surface area contributed by atoms with Gasteiger partial charge >= 0.3 is 0 Å². The predicted molar refractivity (Wildman–Crippen MR) is 76.0 cm³/mol. The molecule has 0 amide bonds. The van der Waals surface area contributed by atoms with Crippen LogP contribution >= 0.6 is 10.7 Å². The van der Waals surface area contributed by atoms with Gasteiger partial charge in [0, 0.05) is 22.6 Å². The van der Waals surface area contributed by atoms with Crippen LogP contribution in [0, 0.1) is 0 Å². The molecular formula is C12H22ClN3O2S. The molecule has 0 bridgehead atoms. The Morgan fingerprint density at radius 1 is 1.26 bits per heavy atom. The smallest absolute Gasteiger partial charge is 0.296 e. The molecule has 1 rings (SSSR count). The fraction of sp³-hybridized carbons (Fsp3) is 0.833. The molecule has 1 aromatic rings. The molecule has 0 aliphatic heterocycles. The van der Waals surface area contributed by atoms with Crippen LogP contribution < -0.4 is 0 Å². The summed E-state index contributed by atoms with van der Waals surface area (Å²) in [5, 5.41) is 7.71. The number of hydrogen-bond donors (Lipinski definition) is 0. The first-order valence-corrected chi connectivity index (χ1v) is 9.03. The fourth-order valence-electron chi connectivity index (χ4n) is 2.18. The highest BCUT2D eigenvalue weighted by atomic mass is 35.7. The van der Waals surface area contributed by atoms with Crippen LogP contribution in [0.25, 0.3) is 0 Å². The third kappa shape index (κ3) is 3.92. The van der Waals surface area contributed by atoms with E-state index < -0.39 is 9.05 Å². The van der Waals surface area contributed by atoms with Crippen molar-refractivity contribution in [3.8, 4) is 0 Å². The first-order valence-electron chi connectivity index (χ1n) is 6.72. The maximum absolute atomic E-state index is 11.5. The molecule has 0 spiro atoms. The van der Waals surface area contributed by atoms with Crippen molar-refractivity contribution in [2.24, 2.45) is 0 Å². The predicted octanol–water partition coefficient (Wildman–Crippen LogP) is 3.47. The Bertz CT molecular complexity index is 511. The maximum atomic E-state index is 11.5. The summed E-state index contributed by atoms with van der Waals surface area (Å²) in [7, 11) is 1.56. The molecule has 0 radical (unpaired) electrons.